The number of piperazine rings is 1. The number of anilines is 1. The second kappa shape index (κ2) is 4.51. The predicted molar refractivity (Wildman–Crippen MR) is 61.3 cm³/mol. The van der Waals surface area contributed by atoms with Crippen molar-refractivity contribution in [3.63, 3.8) is 0 Å². The molecule has 0 saturated carbocycles. The van der Waals surface area contributed by atoms with Crippen molar-refractivity contribution in [1.29, 1.82) is 0 Å². The second-order valence-electron chi connectivity index (χ2n) is 4.28. The Labute approximate surface area is 103 Å². The van der Waals surface area contributed by atoms with Crippen molar-refractivity contribution in [2.24, 2.45) is 0 Å². The molecule has 1 amide bonds. The van der Waals surface area contributed by atoms with Gasteiger partial charge in [-0.3, -0.25) is 4.79 Å². The third-order valence-electron chi connectivity index (χ3n) is 3.00. The molecule has 1 aliphatic heterocycles. The minimum absolute atomic E-state index is 0.0846. The Morgan fingerprint density at radius 2 is 1.94 bits per heavy atom. The average molecular weight is 258 g/mol. The highest BCUT2D eigenvalue weighted by molar-refractivity contribution is 5.82. The maximum Gasteiger partial charge on any atom is 0.416 e. The Kier molecular flexibility index (Phi) is 3.19. The highest BCUT2D eigenvalue weighted by Crippen LogP contribution is 2.31. The number of carbonyl (C=O) groups excluding carboxylic acids is 1. The number of hydrogen-bond donors (Lipinski definition) is 0. The van der Waals surface area contributed by atoms with Crippen molar-refractivity contribution >= 4 is 11.6 Å². The van der Waals surface area contributed by atoms with E-state index in [1.165, 1.54) is 6.07 Å². The van der Waals surface area contributed by atoms with Gasteiger partial charge in [0.25, 0.3) is 0 Å². The van der Waals surface area contributed by atoms with Gasteiger partial charge in [-0.15, -0.1) is 0 Å². The molecule has 98 valence electrons. The lowest BCUT2D eigenvalue weighted by atomic mass is 10.1. The molecule has 0 aliphatic carbocycles. The van der Waals surface area contributed by atoms with Crippen LogP contribution in [0.25, 0.3) is 0 Å². The summed E-state index contributed by atoms with van der Waals surface area (Å²) in [5.74, 6) is -0.0846. The second-order valence-corrected chi connectivity index (χ2v) is 4.28. The minimum atomic E-state index is -4.35. The molecule has 1 aliphatic rings. The highest BCUT2D eigenvalue weighted by Gasteiger charge is 2.31. The number of halogens is 3. The third-order valence-corrected chi connectivity index (χ3v) is 3.00. The zero-order valence-corrected chi connectivity index (χ0v) is 9.87. The largest absolute Gasteiger partial charge is 0.416 e. The van der Waals surface area contributed by atoms with Gasteiger partial charge >= 0.3 is 6.18 Å². The number of nitrogens with zero attached hydrogens (tertiary/aromatic N) is 2. The highest BCUT2D eigenvalue weighted by atomic mass is 19.4. The zero-order valence-electron chi connectivity index (χ0n) is 9.87. The summed E-state index contributed by atoms with van der Waals surface area (Å²) in [5, 5.41) is 0. The van der Waals surface area contributed by atoms with Crippen molar-refractivity contribution in [3.8, 4) is 0 Å². The lowest BCUT2D eigenvalue weighted by Gasteiger charge is -2.33. The molecule has 1 aromatic rings. The lowest BCUT2D eigenvalue weighted by Crippen LogP contribution is -2.48. The van der Waals surface area contributed by atoms with E-state index in [1.807, 2.05) is 0 Å². The number of rotatable bonds is 1. The van der Waals surface area contributed by atoms with E-state index in [0.29, 0.717) is 18.8 Å². The SMILES string of the molecule is CN1CCN(c2cccc(C(F)(F)F)c2)CC1=O. The van der Waals surface area contributed by atoms with Crippen molar-refractivity contribution in [2.75, 3.05) is 31.6 Å². The van der Waals surface area contributed by atoms with Gasteiger partial charge in [-0.2, -0.15) is 13.2 Å². The van der Waals surface area contributed by atoms with Crippen LogP contribution in [0, 0.1) is 0 Å². The van der Waals surface area contributed by atoms with Crippen molar-refractivity contribution in [2.45, 2.75) is 6.18 Å². The Balaban J connectivity index is 2.22. The normalized spacial score (nSPS) is 17.2. The van der Waals surface area contributed by atoms with Gasteiger partial charge in [-0.05, 0) is 18.2 Å². The molecule has 0 spiro atoms. The van der Waals surface area contributed by atoms with Crippen LogP contribution in [0.1, 0.15) is 5.56 Å². The fourth-order valence-electron chi connectivity index (χ4n) is 1.86. The summed E-state index contributed by atoms with van der Waals surface area (Å²) < 4.78 is 37.7. The number of likely N-dealkylation sites (N-methyl/N-ethyl adjacent to an activating group) is 1. The predicted octanol–water partition coefficient (Wildman–Crippen LogP) is 1.98. The maximum atomic E-state index is 12.6. The molecule has 0 aromatic heterocycles. The monoisotopic (exact) mass is 258 g/mol. The molecule has 1 heterocycles. The van der Waals surface area contributed by atoms with E-state index in [1.54, 1.807) is 22.9 Å². The van der Waals surface area contributed by atoms with Crippen LogP contribution in [0.4, 0.5) is 18.9 Å². The standard InChI is InChI=1S/C12H13F3N2O/c1-16-5-6-17(8-11(16)18)10-4-2-3-9(7-10)12(13,14)15/h2-4,7H,5-6,8H2,1H3. The van der Waals surface area contributed by atoms with E-state index in [0.717, 1.165) is 12.1 Å². The molecule has 0 unspecified atom stereocenters. The van der Waals surface area contributed by atoms with Gasteiger partial charge in [0, 0.05) is 25.8 Å². The number of benzene rings is 1. The first kappa shape index (κ1) is 12.7. The van der Waals surface area contributed by atoms with E-state index in [-0.39, 0.29) is 12.5 Å². The van der Waals surface area contributed by atoms with Crippen LogP contribution in [0.2, 0.25) is 0 Å². The quantitative estimate of drug-likeness (QED) is 0.769. The van der Waals surface area contributed by atoms with Crippen molar-refractivity contribution in [1.82, 2.24) is 4.90 Å². The molecular weight excluding hydrogens is 245 g/mol. The molecule has 2 rings (SSSR count). The molecule has 0 radical (unpaired) electrons. The van der Waals surface area contributed by atoms with E-state index in [2.05, 4.69) is 0 Å². The van der Waals surface area contributed by atoms with Gasteiger partial charge in [0.2, 0.25) is 5.91 Å². The number of hydrogen-bond acceptors (Lipinski definition) is 2. The topological polar surface area (TPSA) is 23.6 Å². The van der Waals surface area contributed by atoms with Crippen LogP contribution in [-0.4, -0.2) is 37.5 Å². The summed E-state index contributed by atoms with van der Waals surface area (Å²) in [6, 6.07) is 5.06. The molecule has 3 nitrogen and oxygen atoms in total. The summed E-state index contributed by atoms with van der Waals surface area (Å²) in [5.41, 5.74) is -0.252. The lowest BCUT2D eigenvalue weighted by molar-refractivity contribution is -0.137. The molecule has 1 saturated heterocycles. The molecule has 1 aromatic carbocycles. The molecule has 0 bridgehead atoms. The Morgan fingerprint density at radius 3 is 2.56 bits per heavy atom. The number of alkyl halides is 3. The molecule has 0 atom stereocenters. The van der Waals surface area contributed by atoms with Gasteiger partial charge < -0.3 is 9.80 Å². The Morgan fingerprint density at radius 1 is 1.22 bits per heavy atom. The first-order chi connectivity index (χ1) is 8.38. The molecule has 0 N–H and O–H groups in total. The smallest absolute Gasteiger partial charge is 0.360 e. The van der Waals surface area contributed by atoms with Gasteiger partial charge in [-0.1, -0.05) is 6.07 Å². The van der Waals surface area contributed by atoms with E-state index >= 15 is 0 Å². The summed E-state index contributed by atoms with van der Waals surface area (Å²) in [6.07, 6.45) is -4.35. The van der Waals surface area contributed by atoms with Crippen LogP contribution < -0.4 is 4.90 Å². The van der Waals surface area contributed by atoms with Gasteiger partial charge in [0.05, 0.1) is 12.1 Å². The summed E-state index contributed by atoms with van der Waals surface area (Å²) >= 11 is 0. The Hall–Kier alpha value is -1.72. The first-order valence-corrected chi connectivity index (χ1v) is 5.54. The van der Waals surface area contributed by atoms with Crippen LogP contribution in [0.5, 0.6) is 0 Å². The van der Waals surface area contributed by atoms with Crippen LogP contribution in [0.15, 0.2) is 24.3 Å². The van der Waals surface area contributed by atoms with Crippen LogP contribution in [-0.2, 0) is 11.0 Å². The van der Waals surface area contributed by atoms with Gasteiger partial charge in [0.1, 0.15) is 0 Å². The molecule has 6 heteroatoms. The first-order valence-electron chi connectivity index (χ1n) is 5.54. The molecular formula is C12H13F3N2O. The van der Waals surface area contributed by atoms with Gasteiger partial charge in [-0.25, -0.2) is 0 Å². The zero-order chi connectivity index (χ0) is 13.3. The summed E-state index contributed by atoms with van der Waals surface area (Å²) in [4.78, 5) is 14.8. The van der Waals surface area contributed by atoms with E-state index < -0.39 is 11.7 Å². The molecule has 1 fully saturated rings. The summed E-state index contributed by atoms with van der Waals surface area (Å²) in [6.45, 7) is 1.19. The number of amides is 1. The summed E-state index contributed by atoms with van der Waals surface area (Å²) in [7, 11) is 1.69. The molecule has 18 heavy (non-hydrogen) atoms. The Bertz CT molecular complexity index is 459. The number of carbonyl (C=O) groups is 1. The minimum Gasteiger partial charge on any atom is -0.360 e. The van der Waals surface area contributed by atoms with E-state index in [9.17, 15) is 18.0 Å². The fourth-order valence-corrected chi connectivity index (χ4v) is 1.86. The average Bonchev–Trinajstić information content (AvgIpc) is 2.32. The van der Waals surface area contributed by atoms with Crippen LogP contribution in [0.3, 0.4) is 0 Å². The van der Waals surface area contributed by atoms with Crippen LogP contribution >= 0.6 is 0 Å². The third kappa shape index (κ3) is 2.57. The maximum absolute atomic E-state index is 12.6. The van der Waals surface area contributed by atoms with Crippen molar-refractivity contribution < 1.29 is 18.0 Å². The van der Waals surface area contributed by atoms with Crippen molar-refractivity contribution in [3.05, 3.63) is 29.8 Å². The van der Waals surface area contributed by atoms with Gasteiger partial charge in [0.15, 0.2) is 0 Å². The van der Waals surface area contributed by atoms with E-state index in [4.69, 9.17) is 0 Å². The fraction of sp³-hybridized carbons (Fsp3) is 0.417.